The fourth-order valence-corrected chi connectivity index (χ4v) is 5.01. The second kappa shape index (κ2) is 9.24. The van der Waals surface area contributed by atoms with E-state index in [-0.39, 0.29) is 17.4 Å². The molecule has 0 bridgehead atoms. The molecule has 3 N–H and O–H groups in total. The summed E-state index contributed by atoms with van der Waals surface area (Å²) in [6.07, 6.45) is 4.66. The fourth-order valence-electron chi connectivity index (χ4n) is 2.53. The molecule has 0 aromatic heterocycles. The molecule has 0 spiro atoms. The van der Waals surface area contributed by atoms with E-state index in [1.807, 2.05) is 13.8 Å². The monoisotopic (exact) mass is 382 g/mol. The number of nitrogens with two attached hydrogens (primary N) is 1. The van der Waals surface area contributed by atoms with Gasteiger partial charge in [-0.2, -0.15) is 4.98 Å². The number of unbranched alkanes of at least 4 members (excludes halogenated alkanes) is 2. The van der Waals surface area contributed by atoms with Crippen molar-refractivity contribution in [3.63, 3.8) is 0 Å². The molecule has 0 unspecified atom stereocenters. The zero-order valence-electron chi connectivity index (χ0n) is 15.1. The third kappa shape index (κ3) is 4.98. The van der Waals surface area contributed by atoms with E-state index < -0.39 is 0 Å². The van der Waals surface area contributed by atoms with E-state index in [0.717, 1.165) is 46.2 Å². The summed E-state index contributed by atoms with van der Waals surface area (Å²) in [7, 11) is 0. The first-order valence-electron chi connectivity index (χ1n) is 8.63. The third-order valence-corrected chi connectivity index (χ3v) is 6.57. The molecular formula is C17H26N4O2S2. The molecule has 6 nitrogen and oxygen atoms in total. The minimum atomic E-state index is -0.318. The summed E-state index contributed by atoms with van der Waals surface area (Å²) >= 11 is 3.30. The van der Waals surface area contributed by atoms with Crippen molar-refractivity contribution in [2.24, 2.45) is 0 Å². The lowest BCUT2D eigenvalue weighted by atomic mass is 10.2. The van der Waals surface area contributed by atoms with Crippen molar-refractivity contribution in [1.29, 1.82) is 0 Å². The molecule has 0 radical (unpaired) electrons. The summed E-state index contributed by atoms with van der Waals surface area (Å²) in [5, 5.41) is 2.96. The molecule has 138 valence electrons. The minimum absolute atomic E-state index is 0.130. The van der Waals surface area contributed by atoms with Crippen LogP contribution in [-0.2, 0) is 4.79 Å². The predicted octanol–water partition coefficient (Wildman–Crippen LogP) is 3.11. The van der Waals surface area contributed by atoms with Gasteiger partial charge in [0.25, 0.3) is 0 Å². The number of amides is 1. The number of carbonyl (C=O) groups excluding carboxylic acids is 1. The molecule has 1 amide bonds. The molecule has 2 aliphatic heterocycles. The molecule has 0 fully saturated rings. The topological polar surface area (TPSA) is 90.0 Å². The maximum absolute atomic E-state index is 12.0. The number of aryl methyl sites for hydroxylation is 1. The lowest BCUT2D eigenvalue weighted by molar-refractivity contribution is -0.121. The Morgan fingerprint density at radius 2 is 2.08 bits per heavy atom. The van der Waals surface area contributed by atoms with Crippen molar-refractivity contribution in [3.05, 3.63) is 21.1 Å². The Balaban J connectivity index is 1.88. The van der Waals surface area contributed by atoms with Crippen molar-refractivity contribution < 1.29 is 4.79 Å². The van der Waals surface area contributed by atoms with E-state index in [9.17, 15) is 9.59 Å². The molecule has 0 aliphatic carbocycles. The number of fused-ring (bicyclic) bond motifs is 1. The quantitative estimate of drug-likeness (QED) is 0.514. The van der Waals surface area contributed by atoms with Gasteiger partial charge in [0.05, 0.1) is 4.21 Å². The van der Waals surface area contributed by atoms with E-state index in [2.05, 4.69) is 17.2 Å². The van der Waals surface area contributed by atoms with Gasteiger partial charge in [-0.15, -0.1) is 23.1 Å². The van der Waals surface area contributed by atoms with E-state index in [1.165, 1.54) is 0 Å². The zero-order valence-corrected chi connectivity index (χ0v) is 16.7. The molecule has 0 saturated carbocycles. The first-order valence-corrected chi connectivity index (χ1v) is 10.4. The summed E-state index contributed by atoms with van der Waals surface area (Å²) in [6.45, 7) is 6.70. The van der Waals surface area contributed by atoms with Crippen LogP contribution in [0.25, 0.3) is 5.69 Å². The van der Waals surface area contributed by atoms with Crippen molar-refractivity contribution in [3.8, 4) is 5.69 Å². The average Bonchev–Trinajstić information content (AvgIpc) is 2.86. The largest absolute Gasteiger partial charge is 0.382 e. The number of anilines is 1. The summed E-state index contributed by atoms with van der Waals surface area (Å²) in [4.78, 5) is 28.6. The Labute approximate surface area is 156 Å². The number of hydrogen-bond acceptors (Lipinski definition) is 6. The zero-order chi connectivity index (χ0) is 18.4. The third-order valence-electron chi connectivity index (χ3n) is 4.04. The van der Waals surface area contributed by atoms with Gasteiger partial charge in [-0.1, -0.05) is 19.8 Å². The van der Waals surface area contributed by atoms with Crippen LogP contribution in [0.1, 0.15) is 49.6 Å². The smallest absolute Gasteiger partial charge is 0.354 e. The second-order valence-electron chi connectivity index (χ2n) is 6.00. The summed E-state index contributed by atoms with van der Waals surface area (Å²) in [6, 6.07) is 0. The molecule has 0 atom stereocenters. The molecule has 2 rings (SSSR count). The van der Waals surface area contributed by atoms with Gasteiger partial charge < -0.3 is 11.1 Å². The molecule has 2 heterocycles. The second-order valence-corrected chi connectivity index (χ2v) is 8.59. The number of nitrogen functional groups attached to an aromatic ring is 1. The van der Waals surface area contributed by atoms with Gasteiger partial charge in [-0.05, 0) is 26.7 Å². The average molecular weight is 383 g/mol. The molecule has 0 aromatic carbocycles. The maximum Gasteiger partial charge on any atom is 0.354 e. The van der Waals surface area contributed by atoms with Crippen LogP contribution in [0, 0.1) is 13.8 Å². The molecule has 0 saturated heterocycles. The van der Waals surface area contributed by atoms with Crippen LogP contribution in [-0.4, -0.2) is 27.8 Å². The minimum Gasteiger partial charge on any atom is -0.382 e. The highest BCUT2D eigenvalue weighted by Gasteiger charge is 2.21. The van der Waals surface area contributed by atoms with Gasteiger partial charge in [-0.3, -0.25) is 9.36 Å². The first-order chi connectivity index (χ1) is 12.0. The van der Waals surface area contributed by atoms with Crippen LogP contribution in [0.5, 0.6) is 0 Å². The van der Waals surface area contributed by atoms with Gasteiger partial charge in [0, 0.05) is 29.3 Å². The highest BCUT2D eigenvalue weighted by atomic mass is 32.2. The van der Waals surface area contributed by atoms with Crippen molar-refractivity contribution in [2.45, 2.75) is 57.1 Å². The lowest BCUT2D eigenvalue weighted by Gasteiger charge is -2.14. The summed E-state index contributed by atoms with van der Waals surface area (Å²) in [5.74, 6) is 1.27. The van der Waals surface area contributed by atoms with Crippen LogP contribution in [0.3, 0.4) is 0 Å². The van der Waals surface area contributed by atoms with Crippen LogP contribution in [0.4, 0.5) is 5.82 Å². The highest BCUT2D eigenvalue weighted by Crippen LogP contribution is 2.36. The normalized spacial score (nSPS) is 11.2. The number of aromatic nitrogens is 2. The van der Waals surface area contributed by atoms with Gasteiger partial charge in [0.15, 0.2) is 5.82 Å². The van der Waals surface area contributed by atoms with Crippen LogP contribution in [0.15, 0.2) is 9.00 Å². The molecule has 0 aromatic rings. The van der Waals surface area contributed by atoms with Gasteiger partial charge in [0.2, 0.25) is 5.91 Å². The molecule has 2 aliphatic rings. The number of rotatable bonds is 9. The Bertz CT molecular complexity index is 754. The number of hydrogen-bond donors (Lipinski definition) is 2. The van der Waals surface area contributed by atoms with Crippen molar-refractivity contribution in [2.75, 3.05) is 18.0 Å². The van der Waals surface area contributed by atoms with Crippen LogP contribution < -0.4 is 16.7 Å². The summed E-state index contributed by atoms with van der Waals surface area (Å²) in [5.41, 5.74) is 7.21. The van der Waals surface area contributed by atoms with Gasteiger partial charge in [0.1, 0.15) is 5.69 Å². The van der Waals surface area contributed by atoms with Gasteiger partial charge in [-0.25, -0.2) is 4.79 Å². The Morgan fingerprint density at radius 1 is 1.32 bits per heavy atom. The van der Waals surface area contributed by atoms with E-state index >= 15 is 0 Å². The van der Waals surface area contributed by atoms with Crippen LogP contribution in [0.2, 0.25) is 0 Å². The highest BCUT2D eigenvalue weighted by molar-refractivity contribution is 8.01. The SMILES string of the molecule is CCCCCC(=O)NCCCSc1sc(C)c(C)n2c(=O)nc(N)c1-2. The number of nitrogens with one attached hydrogen (secondary N) is 1. The number of thioether (sulfide) groups is 1. The van der Waals surface area contributed by atoms with Gasteiger partial charge >= 0.3 is 5.69 Å². The predicted molar refractivity (Wildman–Crippen MR) is 105 cm³/mol. The lowest BCUT2D eigenvalue weighted by Crippen LogP contribution is -2.24. The molecule has 8 heteroatoms. The van der Waals surface area contributed by atoms with Crippen molar-refractivity contribution >= 4 is 34.8 Å². The summed E-state index contributed by atoms with van der Waals surface area (Å²) < 4.78 is 2.60. The Kier molecular flexibility index (Phi) is 7.31. The standard InChI is InChI=1S/C17H26N4O2S2/c1-4-5-6-8-13(22)19-9-7-10-24-16-14-15(18)20-17(23)21(14)11(2)12(3)25-16/h4-10H2,1-3H3,(H,19,22)(H2,18,20,23). The van der Waals surface area contributed by atoms with Crippen molar-refractivity contribution in [1.82, 2.24) is 14.9 Å². The molecular weight excluding hydrogens is 356 g/mol. The first kappa shape index (κ1) is 19.8. The maximum atomic E-state index is 12.0. The number of imidazole rings is 1. The van der Waals surface area contributed by atoms with E-state index in [1.54, 1.807) is 27.7 Å². The number of carbonyl (C=O) groups is 1. The van der Waals surface area contributed by atoms with Crippen LogP contribution >= 0.6 is 23.1 Å². The fraction of sp³-hybridized carbons (Fsp3) is 0.588. The van der Waals surface area contributed by atoms with E-state index in [0.29, 0.717) is 18.7 Å². The van der Waals surface area contributed by atoms with E-state index in [4.69, 9.17) is 5.73 Å². The number of nitrogens with zero attached hydrogens (tertiary/aromatic N) is 2. The Morgan fingerprint density at radius 3 is 2.80 bits per heavy atom. The Hall–Kier alpha value is -1.54. The molecule has 25 heavy (non-hydrogen) atoms.